The third-order valence-electron chi connectivity index (χ3n) is 14.4. The molecule has 0 rings (SSSR count). The van der Waals surface area contributed by atoms with Gasteiger partial charge in [-0.3, -0.25) is 38.4 Å². The lowest BCUT2D eigenvalue weighted by molar-refractivity contribution is -0.142. The summed E-state index contributed by atoms with van der Waals surface area (Å²) >= 11 is 0. The average molecular weight is 1140 g/mol. The Morgan fingerprint density at radius 3 is 1.23 bits per heavy atom. The van der Waals surface area contributed by atoms with Crippen molar-refractivity contribution in [3.8, 4) is 0 Å². The maximum Gasteiger partial charge on any atom is 0.326 e. The second kappa shape index (κ2) is 56.7. The quantitative estimate of drug-likeness (QED) is 0.0355. The Balaban J connectivity index is 0. The molecule has 18 heteroatoms. The van der Waals surface area contributed by atoms with Crippen molar-refractivity contribution in [3.63, 3.8) is 0 Å². The van der Waals surface area contributed by atoms with Crippen LogP contribution in [0.4, 0.5) is 0 Å². The zero-order chi connectivity index (χ0) is 59.9. The molecule has 0 aromatic heterocycles. The number of hydrogen-bond donors (Lipinski definition) is 5. The van der Waals surface area contributed by atoms with Gasteiger partial charge in [0, 0.05) is 69.7 Å². The number of Topliss-reactive ketones (excluding diaryl/α,β-unsaturated/α-hetero) is 4. The van der Waals surface area contributed by atoms with E-state index in [9.17, 15) is 48.3 Å². The van der Waals surface area contributed by atoms with Crippen molar-refractivity contribution in [1.82, 2.24) is 21.3 Å². The van der Waals surface area contributed by atoms with E-state index < -0.39 is 12.0 Å². The van der Waals surface area contributed by atoms with E-state index in [-0.39, 0.29) is 130 Å². The van der Waals surface area contributed by atoms with Crippen LogP contribution in [-0.2, 0) is 62.1 Å². The topological polar surface area (TPSA) is 259 Å². The summed E-state index contributed by atoms with van der Waals surface area (Å²) in [5.74, 6) is -1.04. The number of carboxylic acids is 1. The first-order chi connectivity index (χ1) is 38.5. The highest BCUT2D eigenvalue weighted by Crippen LogP contribution is 2.17. The third-order valence-corrected chi connectivity index (χ3v) is 14.4. The normalized spacial score (nSPS) is 12.5. The van der Waals surface area contributed by atoms with Crippen molar-refractivity contribution in [3.05, 3.63) is 0 Å². The number of hydrogen-bond acceptors (Lipinski definition) is 13. The van der Waals surface area contributed by atoms with Crippen molar-refractivity contribution in [2.24, 2.45) is 17.8 Å². The number of carbonyl (C=O) groups excluding carboxylic acids is 8. The second-order valence-corrected chi connectivity index (χ2v) is 21.4. The van der Waals surface area contributed by atoms with Crippen LogP contribution in [0.25, 0.3) is 0 Å². The standard InChI is InChI=1S/C45H83N3O11.C17H31NO3/c1-4-6-7-8-9-10-11-12-13-14-15-16-17-18-19-25-42(51)48-41(45(54)55)27-26-40(50)24-22-30-56-32-34-58-37-44(53)47-29-31-57-33-35-59-36-43(52)46-28-21-20-23-39(5-2)38(3)49;1-5-15(13(3)19)9-7-8-12-18-17(21)11-10-16(6-2)14(4)20/h39,41H,4-37H2,1-3H3,(H,46,52)(H,47,53)(H,48,51)(H,54,55);15-16H,5-12H2,1-4H3,(H,18,21)/t;15-,16?/m.0/s1. The molecule has 3 unspecified atom stereocenters. The smallest absolute Gasteiger partial charge is 0.326 e. The van der Waals surface area contributed by atoms with E-state index in [1.54, 1.807) is 20.8 Å². The molecule has 0 aliphatic carbocycles. The van der Waals surface area contributed by atoms with E-state index >= 15 is 0 Å². The van der Waals surface area contributed by atoms with Crippen LogP contribution in [0.2, 0.25) is 0 Å². The molecule has 0 aromatic carbocycles. The highest BCUT2D eigenvalue weighted by Gasteiger charge is 2.21. The molecular weight excluding hydrogens is 1020 g/mol. The van der Waals surface area contributed by atoms with Crippen molar-refractivity contribution in [2.75, 3.05) is 72.5 Å². The minimum absolute atomic E-state index is 0.0108. The summed E-state index contributed by atoms with van der Waals surface area (Å²) in [6.45, 7) is 16.1. The first kappa shape index (κ1) is 77.9. The minimum Gasteiger partial charge on any atom is -0.480 e. The molecule has 0 saturated heterocycles. The van der Waals surface area contributed by atoms with Crippen LogP contribution in [-0.4, -0.2) is 136 Å². The first-order valence-electron chi connectivity index (χ1n) is 31.2. The van der Waals surface area contributed by atoms with Gasteiger partial charge in [0.05, 0.1) is 33.0 Å². The van der Waals surface area contributed by atoms with Crippen molar-refractivity contribution in [2.45, 2.75) is 254 Å². The molecule has 0 fully saturated rings. The molecule has 0 aliphatic heterocycles. The Morgan fingerprint density at radius 1 is 0.362 bits per heavy atom. The number of amides is 4. The summed E-state index contributed by atoms with van der Waals surface area (Å²) in [6, 6.07) is -1.08. The van der Waals surface area contributed by atoms with Gasteiger partial charge in [-0.25, -0.2) is 4.79 Å². The number of carbonyl (C=O) groups is 9. The van der Waals surface area contributed by atoms with Gasteiger partial charge in [0.1, 0.15) is 42.4 Å². The van der Waals surface area contributed by atoms with E-state index in [0.717, 1.165) is 77.0 Å². The Hall–Kier alpha value is -4.13. The molecule has 466 valence electrons. The Labute approximate surface area is 483 Å². The zero-order valence-electron chi connectivity index (χ0n) is 51.3. The molecule has 0 aliphatic rings. The van der Waals surface area contributed by atoms with Crippen LogP contribution in [0.1, 0.15) is 248 Å². The Kier molecular flexibility index (Phi) is 55.3. The van der Waals surface area contributed by atoms with Gasteiger partial charge in [0.2, 0.25) is 23.6 Å². The number of nitrogens with one attached hydrogen (secondary N) is 4. The van der Waals surface area contributed by atoms with E-state index in [0.29, 0.717) is 51.9 Å². The molecule has 0 saturated carbocycles. The number of carboxylic acid groups (broad SMARTS) is 1. The SMILES string of the molecule is CCC(CCC(=O)NCCCC[C@H](CC)C(C)=O)C(C)=O.CCCCCCCCCCCCCCCCCC(=O)NC(CCC(=O)CCCOCCOCC(=O)NCCOCCOCC(=O)NCCCCC(CC)C(C)=O)C(=O)O. The van der Waals surface area contributed by atoms with Crippen LogP contribution in [0.15, 0.2) is 0 Å². The predicted molar refractivity (Wildman–Crippen MR) is 315 cm³/mol. The Morgan fingerprint density at radius 2 is 0.775 bits per heavy atom. The Bertz CT molecular complexity index is 1630. The molecule has 0 bridgehead atoms. The van der Waals surface area contributed by atoms with E-state index in [2.05, 4.69) is 28.2 Å². The van der Waals surface area contributed by atoms with Crippen LogP contribution < -0.4 is 21.3 Å². The van der Waals surface area contributed by atoms with Gasteiger partial charge < -0.3 is 45.3 Å². The van der Waals surface area contributed by atoms with Gasteiger partial charge in [-0.2, -0.15) is 0 Å². The van der Waals surface area contributed by atoms with Crippen LogP contribution in [0.5, 0.6) is 0 Å². The number of ether oxygens (including phenoxy) is 4. The summed E-state index contributed by atoms with van der Waals surface area (Å²) in [6.07, 6.45) is 28.7. The second-order valence-electron chi connectivity index (χ2n) is 21.4. The summed E-state index contributed by atoms with van der Waals surface area (Å²) in [4.78, 5) is 106. The summed E-state index contributed by atoms with van der Waals surface area (Å²) in [5.41, 5.74) is 0. The monoisotopic (exact) mass is 1140 g/mol. The van der Waals surface area contributed by atoms with Crippen molar-refractivity contribution >= 4 is 52.7 Å². The minimum atomic E-state index is -1.13. The molecule has 0 heterocycles. The average Bonchev–Trinajstić information content (AvgIpc) is 3.42. The van der Waals surface area contributed by atoms with Crippen LogP contribution >= 0.6 is 0 Å². The lowest BCUT2D eigenvalue weighted by Gasteiger charge is -2.14. The number of unbranched alkanes of at least 4 members (excludes halogenated alkanes) is 16. The molecule has 0 aromatic rings. The maximum absolute atomic E-state index is 12.3. The summed E-state index contributed by atoms with van der Waals surface area (Å²) < 4.78 is 21.5. The van der Waals surface area contributed by atoms with Crippen LogP contribution in [0, 0.1) is 17.8 Å². The molecule has 80 heavy (non-hydrogen) atoms. The molecule has 4 amide bonds. The fraction of sp³-hybridized carbons (Fsp3) is 0.855. The van der Waals surface area contributed by atoms with Crippen LogP contribution in [0.3, 0.4) is 0 Å². The van der Waals surface area contributed by atoms with Gasteiger partial charge in [0.25, 0.3) is 0 Å². The lowest BCUT2D eigenvalue weighted by atomic mass is 9.95. The van der Waals surface area contributed by atoms with Gasteiger partial charge >= 0.3 is 5.97 Å². The van der Waals surface area contributed by atoms with Crippen molar-refractivity contribution < 1.29 is 67.2 Å². The largest absolute Gasteiger partial charge is 0.480 e. The fourth-order valence-corrected chi connectivity index (χ4v) is 9.08. The van der Waals surface area contributed by atoms with Gasteiger partial charge in [-0.1, -0.05) is 130 Å². The molecule has 0 radical (unpaired) electrons. The molecule has 5 N–H and O–H groups in total. The number of ketones is 4. The number of aliphatic carboxylic acids is 1. The van der Waals surface area contributed by atoms with Gasteiger partial charge in [0.15, 0.2) is 0 Å². The zero-order valence-corrected chi connectivity index (χ0v) is 51.3. The predicted octanol–water partition coefficient (Wildman–Crippen LogP) is 10.3. The van der Waals surface area contributed by atoms with E-state index in [1.165, 1.54) is 77.0 Å². The fourth-order valence-electron chi connectivity index (χ4n) is 9.08. The third kappa shape index (κ3) is 52.0. The van der Waals surface area contributed by atoms with Gasteiger partial charge in [-0.15, -0.1) is 0 Å². The first-order valence-corrected chi connectivity index (χ1v) is 31.2. The molecular formula is C62H114N4O14. The summed E-state index contributed by atoms with van der Waals surface area (Å²) in [7, 11) is 0. The number of rotatable bonds is 57. The molecule has 4 atom stereocenters. The molecule has 0 spiro atoms. The summed E-state index contributed by atoms with van der Waals surface area (Å²) in [5, 5.41) is 20.5. The highest BCUT2D eigenvalue weighted by molar-refractivity contribution is 5.85. The van der Waals surface area contributed by atoms with Gasteiger partial charge in [-0.05, 0) is 91.4 Å². The highest BCUT2D eigenvalue weighted by atomic mass is 16.5. The lowest BCUT2D eigenvalue weighted by Crippen LogP contribution is -2.41. The van der Waals surface area contributed by atoms with E-state index in [4.69, 9.17) is 18.9 Å². The maximum atomic E-state index is 12.3. The van der Waals surface area contributed by atoms with Crippen molar-refractivity contribution in [1.29, 1.82) is 0 Å². The molecule has 18 nitrogen and oxygen atoms in total. The van der Waals surface area contributed by atoms with E-state index in [1.807, 2.05) is 20.8 Å².